The molecule has 0 aliphatic heterocycles. The molecule has 31 heavy (non-hydrogen) atoms. The van der Waals surface area contributed by atoms with E-state index in [1.54, 1.807) is 6.33 Å². The molecule has 0 spiro atoms. The molecular formula is C22H28N6O2S. The first-order chi connectivity index (χ1) is 14.7. The van der Waals surface area contributed by atoms with E-state index in [0.717, 1.165) is 21.7 Å². The van der Waals surface area contributed by atoms with Gasteiger partial charge >= 0.3 is 0 Å². The summed E-state index contributed by atoms with van der Waals surface area (Å²) in [5.41, 5.74) is 7.44. The van der Waals surface area contributed by atoms with Crippen LogP contribution in [0.4, 0.5) is 11.6 Å². The first-order valence-electron chi connectivity index (χ1n) is 10.5. The molecular weight excluding hydrogens is 412 g/mol. The van der Waals surface area contributed by atoms with Crippen LogP contribution < -0.4 is 11.1 Å². The Balaban J connectivity index is 1.54. The third-order valence-corrected chi connectivity index (χ3v) is 7.01. The molecule has 2 aromatic heterocycles. The van der Waals surface area contributed by atoms with E-state index in [1.165, 1.54) is 11.3 Å². The van der Waals surface area contributed by atoms with Crippen LogP contribution in [0, 0.1) is 12.8 Å². The van der Waals surface area contributed by atoms with Gasteiger partial charge in [0.2, 0.25) is 11.9 Å². The number of anilines is 2. The van der Waals surface area contributed by atoms with Crippen molar-refractivity contribution in [1.29, 1.82) is 0 Å². The van der Waals surface area contributed by atoms with Crippen LogP contribution in [-0.4, -0.2) is 30.8 Å². The zero-order chi connectivity index (χ0) is 22.2. The topological polar surface area (TPSA) is 119 Å². The minimum Gasteiger partial charge on any atom is -0.383 e. The number of hydrogen-bond acceptors (Lipinski definition) is 7. The van der Waals surface area contributed by atoms with Crippen LogP contribution >= 0.6 is 11.3 Å². The molecule has 1 fully saturated rings. The zero-order valence-corrected chi connectivity index (χ0v) is 18.8. The number of rotatable bonds is 6. The number of aliphatic hydroxyl groups is 1. The smallest absolute Gasteiger partial charge is 0.246 e. The molecule has 1 amide bonds. The fraction of sp³-hybridized carbons (Fsp3) is 0.455. The zero-order valence-electron chi connectivity index (χ0n) is 18.0. The van der Waals surface area contributed by atoms with Crippen LogP contribution in [0.2, 0.25) is 0 Å². The van der Waals surface area contributed by atoms with Gasteiger partial charge in [0.15, 0.2) is 0 Å². The predicted octanol–water partition coefficient (Wildman–Crippen LogP) is 3.90. The molecule has 1 aliphatic carbocycles. The van der Waals surface area contributed by atoms with Crippen molar-refractivity contribution < 1.29 is 9.90 Å². The van der Waals surface area contributed by atoms with Crippen molar-refractivity contribution in [2.45, 2.75) is 58.1 Å². The molecule has 0 bridgehead atoms. The third-order valence-electron chi connectivity index (χ3n) is 5.77. The Morgan fingerprint density at radius 1 is 1.29 bits per heavy atom. The number of nitrogens with zero attached hydrogens (tertiary/aromatic N) is 4. The molecule has 164 valence electrons. The summed E-state index contributed by atoms with van der Waals surface area (Å²) in [5.74, 6) is 0.114. The summed E-state index contributed by atoms with van der Waals surface area (Å²) in [7, 11) is 0. The average Bonchev–Trinajstić information content (AvgIpc) is 3.38. The molecule has 1 aliphatic rings. The van der Waals surface area contributed by atoms with Crippen LogP contribution in [-0.2, 0) is 10.4 Å². The largest absolute Gasteiger partial charge is 0.383 e. The molecule has 2 heterocycles. The van der Waals surface area contributed by atoms with Gasteiger partial charge in [0, 0.05) is 23.8 Å². The first-order valence-corrected chi connectivity index (χ1v) is 11.3. The molecule has 4 N–H and O–H groups in total. The highest BCUT2D eigenvalue weighted by Crippen LogP contribution is 2.42. The lowest BCUT2D eigenvalue weighted by molar-refractivity contribution is -0.124. The average molecular weight is 441 g/mol. The summed E-state index contributed by atoms with van der Waals surface area (Å²) in [6.07, 6.45) is 5.70. The van der Waals surface area contributed by atoms with Gasteiger partial charge in [-0.25, -0.2) is 14.6 Å². The second-order valence-electron chi connectivity index (χ2n) is 8.59. The van der Waals surface area contributed by atoms with Crippen LogP contribution in [0.5, 0.6) is 0 Å². The molecule has 0 saturated heterocycles. The van der Waals surface area contributed by atoms with E-state index < -0.39 is 5.60 Å². The molecule has 8 nitrogen and oxygen atoms in total. The molecule has 1 aromatic carbocycles. The number of benzene rings is 1. The Morgan fingerprint density at radius 3 is 2.68 bits per heavy atom. The number of carbonyl (C=O) groups is 1. The second kappa shape index (κ2) is 8.39. The highest BCUT2D eigenvalue weighted by atomic mass is 32.1. The minimum atomic E-state index is -0.993. The Kier molecular flexibility index (Phi) is 5.81. The van der Waals surface area contributed by atoms with Gasteiger partial charge < -0.3 is 16.2 Å². The summed E-state index contributed by atoms with van der Waals surface area (Å²) in [4.78, 5) is 21.3. The van der Waals surface area contributed by atoms with Crippen molar-refractivity contribution >= 4 is 28.9 Å². The van der Waals surface area contributed by atoms with E-state index in [2.05, 4.69) is 40.3 Å². The van der Waals surface area contributed by atoms with E-state index in [0.29, 0.717) is 36.6 Å². The quantitative estimate of drug-likeness (QED) is 0.535. The van der Waals surface area contributed by atoms with Crippen molar-refractivity contribution in [3.05, 3.63) is 41.3 Å². The normalized spacial score (nSPS) is 21.4. The number of aryl methyl sites for hydroxylation is 1. The summed E-state index contributed by atoms with van der Waals surface area (Å²) >= 11 is 1.49. The summed E-state index contributed by atoms with van der Waals surface area (Å²) in [6.45, 7) is 6.15. The number of nitrogens with one attached hydrogen (secondary N) is 1. The van der Waals surface area contributed by atoms with Gasteiger partial charge in [0.1, 0.15) is 16.9 Å². The van der Waals surface area contributed by atoms with E-state index in [4.69, 9.17) is 5.73 Å². The minimum absolute atomic E-state index is 0.155. The van der Waals surface area contributed by atoms with E-state index in [-0.39, 0.29) is 17.9 Å². The number of nitrogens with two attached hydrogens (primary N) is 1. The molecule has 4 rings (SSSR count). The Morgan fingerprint density at radius 2 is 2.03 bits per heavy atom. The highest BCUT2D eigenvalue weighted by molar-refractivity contribution is 7.15. The van der Waals surface area contributed by atoms with Crippen LogP contribution in [0.15, 0.2) is 30.7 Å². The lowest BCUT2D eigenvalue weighted by Crippen LogP contribution is -2.35. The Hall–Kier alpha value is -2.78. The maximum absolute atomic E-state index is 11.4. The molecule has 1 saturated carbocycles. The maximum Gasteiger partial charge on any atom is 0.246 e. The summed E-state index contributed by atoms with van der Waals surface area (Å²) < 4.78 is 1.81. The van der Waals surface area contributed by atoms with Gasteiger partial charge in [0.25, 0.3) is 0 Å². The van der Waals surface area contributed by atoms with Crippen LogP contribution in [0.25, 0.3) is 10.4 Å². The molecule has 0 atom stereocenters. The van der Waals surface area contributed by atoms with Gasteiger partial charge in [0.05, 0.1) is 4.88 Å². The molecule has 0 unspecified atom stereocenters. The molecule has 3 aromatic rings. The third kappa shape index (κ3) is 4.62. The highest BCUT2D eigenvalue weighted by Gasteiger charge is 2.38. The fourth-order valence-electron chi connectivity index (χ4n) is 3.92. The van der Waals surface area contributed by atoms with Crippen LogP contribution in [0.1, 0.15) is 56.1 Å². The maximum atomic E-state index is 11.4. The Labute approximate surface area is 185 Å². The number of amides is 1. The van der Waals surface area contributed by atoms with Crippen molar-refractivity contribution in [3.63, 3.8) is 0 Å². The number of aromatic nitrogens is 4. The van der Waals surface area contributed by atoms with Gasteiger partial charge in [-0.2, -0.15) is 0 Å². The van der Waals surface area contributed by atoms with Gasteiger partial charge in [-0.1, -0.05) is 6.07 Å². The van der Waals surface area contributed by atoms with Gasteiger partial charge in [-0.15, -0.1) is 16.4 Å². The lowest BCUT2D eigenvalue weighted by Gasteiger charge is -2.33. The van der Waals surface area contributed by atoms with Crippen molar-refractivity contribution in [3.8, 4) is 10.4 Å². The standard InChI is InChI=1S/C22H28N6O2S/c1-13(2)28-12-25-21(27-28)26-17-9-14(3)8-16(10-17)18-11-24-20(31-18)22(30)6-4-15(5-7-22)19(23)29/h8-13,15,30H,4-7H2,1-3H3,(H2,23,29)(H,26,27)/t15-,22+. The van der Waals surface area contributed by atoms with E-state index in [1.807, 2.05) is 29.9 Å². The van der Waals surface area contributed by atoms with Crippen molar-refractivity contribution in [1.82, 2.24) is 19.7 Å². The van der Waals surface area contributed by atoms with E-state index in [9.17, 15) is 9.90 Å². The monoisotopic (exact) mass is 440 g/mol. The number of carbonyl (C=O) groups excluding carboxylic acids is 1. The van der Waals surface area contributed by atoms with Gasteiger partial charge in [-0.3, -0.25) is 4.79 Å². The summed E-state index contributed by atoms with van der Waals surface area (Å²) in [6, 6.07) is 6.42. The second-order valence-corrected chi connectivity index (χ2v) is 9.62. The SMILES string of the molecule is Cc1cc(Nc2ncn(C(C)C)n2)cc(-c2cnc([C@]3(O)CC[C@@H](C(N)=O)CC3)s2)c1. The fourth-order valence-corrected chi connectivity index (χ4v) is 4.97. The Bertz CT molecular complexity index is 1080. The number of primary amides is 1. The summed E-state index contributed by atoms with van der Waals surface area (Å²) in [5, 5.41) is 19.5. The number of thiazole rings is 1. The molecule has 0 radical (unpaired) electrons. The van der Waals surface area contributed by atoms with Crippen LogP contribution in [0.3, 0.4) is 0 Å². The van der Waals surface area contributed by atoms with Crippen molar-refractivity contribution in [2.24, 2.45) is 11.7 Å². The predicted molar refractivity (Wildman–Crippen MR) is 121 cm³/mol. The van der Waals surface area contributed by atoms with Gasteiger partial charge in [-0.05, 0) is 69.7 Å². The number of hydrogen-bond donors (Lipinski definition) is 3. The van der Waals surface area contributed by atoms with Crippen molar-refractivity contribution in [2.75, 3.05) is 5.32 Å². The van der Waals surface area contributed by atoms with E-state index >= 15 is 0 Å². The first kappa shape index (κ1) is 21.5. The lowest BCUT2D eigenvalue weighted by atomic mass is 9.79. The molecule has 9 heteroatoms.